The minimum absolute atomic E-state index is 0.00894. The van der Waals surface area contributed by atoms with E-state index in [4.69, 9.17) is 5.11 Å². The van der Waals surface area contributed by atoms with Gasteiger partial charge in [0, 0.05) is 57.4 Å². The van der Waals surface area contributed by atoms with Crippen LogP contribution in [0.5, 0.6) is 0 Å². The first-order chi connectivity index (χ1) is 17.6. The lowest BCUT2D eigenvalue weighted by molar-refractivity contribution is -0.384. The highest BCUT2D eigenvalue weighted by Gasteiger charge is 2.41. The van der Waals surface area contributed by atoms with Crippen molar-refractivity contribution in [2.24, 2.45) is 5.92 Å². The molecule has 3 rings (SSSR count). The van der Waals surface area contributed by atoms with Crippen LogP contribution in [-0.2, 0) is 16.6 Å². The van der Waals surface area contributed by atoms with Gasteiger partial charge in [-0.2, -0.15) is 4.31 Å². The predicted octanol–water partition coefficient (Wildman–Crippen LogP) is 2.74. The van der Waals surface area contributed by atoms with Gasteiger partial charge in [0.2, 0.25) is 10.0 Å². The molecule has 12 heteroatoms. The Labute approximate surface area is 217 Å². The molecule has 2 atom stereocenters. The van der Waals surface area contributed by atoms with E-state index in [1.54, 1.807) is 0 Å². The van der Waals surface area contributed by atoms with Crippen molar-refractivity contribution in [3.05, 3.63) is 70.3 Å². The van der Waals surface area contributed by atoms with E-state index in [2.05, 4.69) is 15.5 Å². The third-order valence-electron chi connectivity index (χ3n) is 6.37. The Bertz CT molecular complexity index is 1140. The maximum Gasteiger partial charge on any atom is 0.404 e. The molecule has 3 N–H and O–H groups in total. The molecule has 0 unspecified atom stereocenters. The van der Waals surface area contributed by atoms with Crippen molar-refractivity contribution in [2.75, 3.05) is 32.7 Å². The number of rotatable bonds is 13. The largest absolute Gasteiger partial charge is 0.465 e. The minimum Gasteiger partial charge on any atom is -0.465 e. The third kappa shape index (κ3) is 7.96. The Morgan fingerprint density at radius 1 is 1.14 bits per heavy atom. The van der Waals surface area contributed by atoms with Crippen molar-refractivity contribution in [3.8, 4) is 0 Å². The Kier molecular flexibility index (Phi) is 9.98. The Morgan fingerprint density at radius 2 is 1.81 bits per heavy atom. The number of carbonyl (C=O) groups is 1. The minimum atomic E-state index is -3.96. The summed E-state index contributed by atoms with van der Waals surface area (Å²) < 4.78 is 29.2. The maximum absolute atomic E-state index is 13.9. The normalized spacial score (nSPS) is 18.4. The topological polar surface area (TPSA) is 145 Å². The number of nitro groups is 1. The SMILES string of the molecule is CC(C)CCN([C@@H]1CN(Cc2ccccc2)C[C@H]1NCCNC(=O)O)S(=O)(=O)c1ccc([N+](=O)[O-])cc1. The van der Waals surface area contributed by atoms with Gasteiger partial charge in [-0.15, -0.1) is 0 Å². The fraction of sp³-hybridized carbons (Fsp3) is 0.480. The highest BCUT2D eigenvalue weighted by Crippen LogP contribution is 2.27. The Balaban J connectivity index is 1.89. The molecule has 0 spiro atoms. The van der Waals surface area contributed by atoms with Crippen molar-refractivity contribution in [1.82, 2.24) is 19.8 Å². The van der Waals surface area contributed by atoms with E-state index in [0.29, 0.717) is 39.1 Å². The molecule has 202 valence electrons. The van der Waals surface area contributed by atoms with Crippen molar-refractivity contribution in [2.45, 2.75) is 43.8 Å². The molecule has 0 bridgehead atoms. The van der Waals surface area contributed by atoms with Crippen LogP contribution < -0.4 is 10.6 Å². The van der Waals surface area contributed by atoms with Crippen LogP contribution in [0.3, 0.4) is 0 Å². The van der Waals surface area contributed by atoms with E-state index >= 15 is 0 Å². The number of non-ortho nitro benzene ring substituents is 1. The van der Waals surface area contributed by atoms with Crippen LogP contribution in [0.25, 0.3) is 0 Å². The molecule has 2 aromatic carbocycles. The molecule has 11 nitrogen and oxygen atoms in total. The zero-order chi connectivity index (χ0) is 27.0. The highest BCUT2D eigenvalue weighted by atomic mass is 32.2. The van der Waals surface area contributed by atoms with Crippen LogP contribution >= 0.6 is 0 Å². The molecule has 0 aromatic heterocycles. The molecular weight excluding hydrogens is 498 g/mol. The molecule has 1 saturated heterocycles. The van der Waals surface area contributed by atoms with Gasteiger partial charge in [-0.1, -0.05) is 44.2 Å². The summed E-state index contributed by atoms with van der Waals surface area (Å²) in [5, 5.41) is 25.6. The molecule has 0 aliphatic carbocycles. The van der Waals surface area contributed by atoms with Crippen LogP contribution in [-0.4, -0.2) is 78.6 Å². The van der Waals surface area contributed by atoms with Crippen molar-refractivity contribution in [1.29, 1.82) is 0 Å². The second-order valence-electron chi connectivity index (χ2n) is 9.59. The van der Waals surface area contributed by atoms with Gasteiger partial charge < -0.3 is 15.7 Å². The van der Waals surface area contributed by atoms with Gasteiger partial charge in [0.15, 0.2) is 0 Å². The highest BCUT2D eigenvalue weighted by molar-refractivity contribution is 7.89. The summed E-state index contributed by atoms with van der Waals surface area (Å²) in [6, 6.07) is 14.3. The molecule has 37 heavy (non-hydrogen) atoms. The summed E-state index contributed by atoms with van der Waals surface area (Å²) in [6.45, 7) is 6.62. The van der Waals surface area contributed by atoms with Gasteiger partial charge in [-0.3, -0.25) is 15.0 Å². The monoisotopic (exact) mass is 533 g/mol. The van der Waals surface area contributed by atoms with Crippen LogP contribution in [0.1, 0.15) is 25.8 Å². The first kappa shape index (κ1) is 28.5. The molecule has 1 aliphatic heterocycles. The number of benzene rings is 2. The van der Waals surface area contributed by atoms with E-state index < -0.39 is 27.1 Å². The maximum atomic E-state index is 13.9. The van der Waals surface area contributed by atoms with E-state index in [9.17, 15) is 23.3 Å². The number of nitro benzene ring substituents is 1. The van der Waals surface area contributed by atoms with Gasteiger partial charge in [-0.05, 0) is 30.0 Å². The summed E-state index contributed by atoms with van der Waals surface area (Å²) in [4.78, 5) is 23.6. The molecule has 1 fully saturated rings. The Morgan fingerprint density at radius 3 is 2.41 bits per heavy atom. The van der Waals surface area contributed by atoms with Gasteiger partial charge in [-0.25, -0.2) is 13.2 Å². The number of sulfonamides is 1. The standard InChI is InChI=1S/C25H35N5O6S/c1-19(2)12-15-29(37(35,36)22-10-8-21(9-11-22)30(33)34)24-18-28(16-20-6-4-3-5-7-20)17-23(24)26-13-14-27-25(31)32/h3-11,19,23-24,26-27H,12-18H2,1-2H3,(H,31,32)/t23-,24-/m1/s1. The number of amides is 1. The zero-order valence-corrected chi connectivity index (χ0v) is 21.9. The Hall–Kier alpha value is -3.06. The summed E-state index contributed by atoms with van der Waals surface area (Å²) in [6.07, 6.45) is -0.468. The lowest BCUT2D eigenvalue weighted by Gasteiger charge is -2.32. The lowest BCUT2D eigenvalue weighted by Crippen LogP contribution is -2.53. The van der Waals surface area contributed by atoms with Gasteiger partial charge >= 0.3 is 6.09 Å². The second-order valence-corrected chi connectivity index (χ2v) is 11.5. The van der Waals surface area contributed by atoms with Crippen LogP contribution in [0.2, 0.25) is 0 Å². The number of hydrogen-bond donors (Lipinski definition) is 3. The number of likely N-dealkylation sites (tertiary alicyclic amines) is 1. The first-order valence-corrected chi connectivity index (χ1v) is 13.7. The number of nitrogens with one attached hydrogen (secondary N) is 2. The van der Waals surface area contributed by atoms with Gasteiger partial charge in [0.05, 0.1) is 15.9 Å². The second kappa shape index (κ2) is 13.0. The van der Waals surface area contributed by atoms with E-state index in [-0.39, 0.29) is 29.1 Å². The third-order valence-corrected chi connectivity index (χ3v) is 8.31. The summed E-state index contributed by atoms with van der Waals surface area (Å²) in [5.74, 6) is 0.266. The van der Waals surface area contributed by atoms with Crippen LogP contribution in [0.15, 0.2) is 59.5 Å². The van der Waals surface area contributed by atoms with Crippen molar-refractivity contribution in [3.63, 3.8) is 0 Å². The molecule has 1 heterocycles. The number of hydrogen-bond acceptors (Lipinski definition) is 7. The fourth-order valence-electron chi connectivity index (χ4n) is 4.48. The van der Waals surface area contributed by atoms with Gasteiger partial charge in [0.25, 0.3) is 5.69 Å². The van der Waals surface area contributed by atoms with E-state index in [1.165, 1.54) is 28.6 Å². The number of nitrogens with zero attached hydrogens (tertiary/aromatic N) is 3. The average molecular weight is 534 g/mol. The summed E-state index contributed by atoms with van der Waals surface area (Å²) in [7, 11) is -3.96. The number of carboxylic acid groups (broad SMARTS) is 1. The molecule has 1 amide bonds. The summed E-state index contributed by atoms with van der Waals surface area (Å²) >= 11 is 0. The first-order valence-electron chi connectivity index (χ1n) is 12.3. The van der Waals surface area contributed by atoms with E-state index in [0.717, 1.165) is 5.56 Å². The predicted molar refractivity (Wildman–Crippen MR) is 140 cm³/mol. The van der Waals surface area contributed by atoms with E-state index in [1.807, 2.05) is 44.2 Å². The molecule has 2 aromatic rings. The van der Waals surface area contributed by atoms with Crippen LogP contribution in [0.4, 0.5) is 10.5 Å². The molecular formula is C25H35N5O6S. The van der Waals surface area contributed by atoms with Gasteiger partial charge in [0.1, 0.15) is 0 Å². The summed E-state index contributed by atoms with van der Waals surface area (Å²) in [5.41, 5.74) is 0.939. The molecule has 0 saturated carbocycles. The fourth-order valence-corrected chi connectivity index (χ4v) is 6.15. The smallest absolute Gasteiger partial charge is 0.404 e. The molecule has 1 aliphatic rings. The quantitative estimate of drug-likeness (QED) is 0.202. The van der Waals surface area contributed by atoms with Crippen molar-refractivity contribution >= 4 is 21.8 Å². The molecule has 0 radical (unpaired) electrons. The van der Waals surface area contributed by atoms with Crippen LogP contribution in [0, 0.1) is 16.0 Å². The zero-order valence-electron chi connectivity index (χ0n) is 21.1. The average Bonchev–Trinajstić information content (AvgIpc) is 3.24. The lowest BCUT2D eigenvalue weighted by atomic mass is 10.1. The van der Waals surface area contributed by atoms with Crippen molar-refractivity contribution < 1.29 is 23.2 Å².